The number of piperidine rings is 1. The molecule has 1 spiro atoms. The van der Waals surface area contributed by atoms with Gasteiger partial charge in [-0.15, -0.1) is 0 Å². The quantitative estimate of drug-likeness (QED) is 0.567. The van der Waals surface area contributed by atoms with Crippen molar-refractivity contribution in [2.75, 3.05) is 46.4 Å². The maximum atomic E-state index is 14.3. The number of ether oxygens (including phenoxy) is 1. The van der Waals surface area contributed by atoms with E-state index in [4.69, 9.17) is 4.74 Å². The summed E-state index contributed by atoms with van der Waals surface area (Å²) < 4.78 is 90.0. The second-order valence-electron chi connectivity index (χ2n) is 10.8. The zero-order valence-corrected chi connectivity index (χ0v) is 23.9. The maximum absolute atomic E-state index is 14.3. The van der Waals surface area contributed by atoms with Gasteiger partial charge in [-0.25, -0.2) is 30.3 Å². The van der Waals surface area contributed by atoms with Crippen LogP contribution in [-0.4, -0.2) is 83.6 Å². The second-order valence-corrected chi connectivity index (χ2v) is 14.5. The van der Waals surface area contributed by atoms with E-state index in [1.165, 1.54) is 10.4 Å². The van der Waals surface area contributed by atoms with Crippen molar-refractivity contribution >= 4 is 20.0 Å². The molecule has 4 rings (SSSR count). The molecule has 0 saturated carbocycles. The number of hydrogen-bond donors (Lipinski definition) is 2. The van der Waals surface area contributed by atoms with Gasteiger partial charge < -0.3 is 14.7 Å². The minimum absolute atomic E-state index is 0.0324. The average molecular weight is 588 g/mol. The molecule has 2 heterocycles. The lowest BCUT2D eigenvalue weighted by atomic mass is 9.79. The first-order chi connectivity index (χ1) is 18.2. The van der Waals surface area contributed by atoms with E-state index in [0.717, 1.165) is 17.7 Å². The van der Waals surface area contributed by atoms with Crippen LogP contribution in [0.1, 0.15) is 38.2 Å². The third-order valence-corrected chi connectivity index (χ3v) is 10.8. The van der Waals surface area contributed by atoms with Crippen LogP contribution < -0.4 is 9.46 Å². The highest BCUT2D eigenvalue weighted by molar-refractivity contribution is 7.89. The van der Waals surface area contributed by atoms with Crippen molar-refractivity contribution in [2.45, 2.75) is 48.5 Å². The van der Waals surface area contributed by atoms with Gasteiger partial charge in [-0.1, -0.05) is 19.9 Å². The number of nitrogens with one attached hydrogen (secondary N) is 1. The summed E-state index contributed by atoms with van der Waals surface area (Å²) in [5.74, 6) is -1.70. The fraction of sp³-hybridized carbons (Fsp3) is 0.538. The summed E-state index contributed by atoms with van der Waals surface area (Å²) in [6.45, 7) is 4.67. The molecule has 1 atom stereocenters. The van der Waals surface area contributed by atoms with Crippen molar-refractivity contribution in [1.29, 1.82) is 0 Å². The molecule has 39 heavy (non-hydrogen) atoms. The van der Waals surface area contributed by atoms with Gasteiger partial charge in [0, 0.05) is 44.2 Å². The Labute approximate surface area is 228 Å². The molecular formula is C26H35F2N3O6S2. The monoisotopic (exact) mass is 587 g/mol. The Morgan fingerprint density at radius 2 is 1.82 bits per heavy atom. The third kappa shape index (κ3) is 6.60. The molecule has 0 radical (unpaired) electrons. The van der Waals surface area contributed by atoms with Gasteiger partial charge in [0.25, 0.3) is 0 Å². The van der Waals surface area contributed by atoms with Crippen molar-refractivity contribution in [3.05, 3.63) is 53.6 Å². The molecular weight excluding hydrogens is 552 g/mol. The molecule has 2 aliphatic rings. The molecule has 2 N–H and O–H groups in total. The molecule has 2 aromatic carbocycles. The number of benzene rings is 2. The van der Waals surface area contributed by atoms with E-state index in [-0.39, 0.29) is 49.3 Å². The number of fused-ring (bicyclic) bond motifs is 1. The van der Waals surface area contributed by atoms with Gasteiger partial charge in [-0.05, 0) is 55.6 Å². The van der Waals surface area contributed by atoms with E-state index >= 15 is 0 Å². The Morgan fingerprint density at radius 1 is 1.13 bits per heavy atom. The molecule has 0 bridgehead atoms. The van der Waals surface area contributed by atoms with Crippen molar-refractivity contribution in [3.63, 3.8) is 0 Å². The summed E-state index contributed by atoms with van der Waals surface area (Å²) in [6, 6.07) is 7.32. The minimum Gasteiger partial charge on any atom is -0.492 e. The fourth-order valence-corrected chi connectivity index (χ4v) is 7.85. The highest BCUT2D eigenvalue weighted by atomic mass is 32.2. The standard InChI is InChI=1S/C26H35F2N3O6S2/c1-18(2)19-4-6-25-23(12-19)37-17-26(16-30(3)15-21(32)14-29-38(25,33)34)8-10-31(11-9-26)39(35,36)24-7-5-20(27)13-22(24)28/h4-7,12-13,18,21,29,32H,8-11,14-17H2,1-3H3. The average Bonchev–Trinajstić information content (AvgIpc) is 2.85. The van der Waals surface area contributed by atoms with Crippen LogP contribution in [-0.2, 0) is 20.0 Å². The first-order valence-corrected chi connectivity index (χ1v) is 15.7. The molecule has 2 aliphatic heterocycles. The molecule has 1 saturated heterocycles. The summed E-state index contributed by atoms with van der Waals surface area (Å²) >= 11 is 0. The number of halogens is 2. The predicted octanol–water partition coefficient (Wildman–Crippen LogP) is 2.52. The molecule has 1 fully saturated rings. The Morgan fingerprint density at radius 3 is 2.46 bits per heavy atom. The highest BCUT2D eigenvalue weighted by Gasteiger charge is 2.41. The number of β-amino-alcohol motifs (C(OH)–C–C–N with tert-alkyl or cyclic N) is 1. The van der Waals surface area contributed by atoms with Gasteiger partial charge >= 0.3 is 0 Å². The van der Waals surface area contributed by atoms with Crippen molar-refractivity contribution in [3.8, 4) is 5.75 Å². The van der Waals surface area contributed by atoms with Crippen LogP contribution in [0.5, 0.6) is 5.75 Å². The summed E-state index contributed by atoms with van der Waals surface area (Å²) in [5, 5.41) is 10.5. The number of aliphatic hydroxyl groups is 1. The van der Waals surface area contributed by atoms with Crippen LogP contribution in [0.15, 0.2) is 46.2 Å². The van der Waals surface area contributed by atoms with Crippen molar-refractivity contribution < 1.29 is 35.5 Å². The molecule has 1 unspecified atom stereocenters. The first-order valence-electron chi connectivity index (χ1n) is 12.8. The van der Waals surface area contributed by atoms with Crippen LogP contribution in [0.4, 0.5) is 8.78 Å². The molecule has 0 aromatic heterocycles. The van der Waals surface area contributed by atoms with Gasteiger partial charge in [0.05, 0.1) is 12.7 Å². The summed E-state index contributed by atoms with van der Waals surface area (Å²) in [6.07, 6.45) is -0.276. The summed E-state index contributed by atoms with van der Waals surface area (Å²) in [4.78, 5) is 1.26. The molecule has 13 heteroatoms. The Hall–Kier alpha value is -2.16. The van der Waals surface area contributed by atoms with Gasteiger partial charge in [-0.2, -0.15) is 4.31 Å². The van der Waals surface area contributed by atoms with Gasteiger partial charge in [0.15, 0.2) is 0 Å². The normalized spacial score (nSPS) is 23.0. The molecule has 2 aromatic rings. The Kier molecular flexibility index (Phi) is 8.70. The number of nitrogens with zero attached hydrogens (tertiary/aromatic N) is 2. The smallest absolute Gasteiger partial charge is 0.245 e. The van der Waals surface area contributed by atoms with E-state index in [9.17, 15) is 30.7 Å². The topological polar surface area (TPSA) is 116 Å². The lowest BCUT2D eigenvalue weighted by Crippen LogP contribution is -2.51. The van der Waals surface area contributed by atoms with E-state index < -0.39 is 48.1 Å². The van der Waals surface area contributed by atoms with Crippen LogP contribution in [0.25, 0.3) is 0 Å². The highest BCUT2D eigenvalue weighted by Crippen LogP contribution is 2.37. The SMILES string of the molecule is CC(C)c1ccc2c(c1)OCC1(CCN(S(=O)(=O)c3ccc(F)cc3F)CC1)CN(C)CC(O)CNS2(=O)=O. The van der Waals surface area contributed by atoms with Crippen LogP contribution in [0.3, 0.4) is 0 Å². The number of aliphatic hydroxyl groups excluding tert-OH is 1. The zero-order chi connectivity index (χ0) is 28.6. The van der Waals surface area contributed by atoms with Crippen LogP contribution in [0, 0.1) is 17.0 Å². The number of rotatable bonds is 3. The third-order valence-electron chi connectivity index (χ3n) is 7.39. The minimum atomic E-state index is -4.20. The van der Waals surface area contributed by atoms with Crippen LogP contribution >= 0.6 is 0 Å². The predicted molar refractivity (Wildman–Crippen MR) is 142 cm³/mol. The van der Waals surface area contributed by atoms with E-state index in [1.54, 1.807) is 19.2 Å². The second kappa shape index (κ2) is 11.4. The molecule has 216 valence electrons. The number of likely N-dealkylation sites (N-methyl/N-ethyl adjacent to an activating group) is 1. The van der Waals surface area contributed by atoms with E-state index in [1.807, 2.05) is 18.7 Å². The maximum Gasteiger partial charge on any atom is 0.245 e. The fourth-order valence-electron chi connectivity index (χ4n) is 5.17. The molecule has 0 aliphatic carbocycles. The Bertz CT molecular complexity index is 1410. The first kappa shape index (κ1) is 29.8. The van der Waals surface area contributed by atoms with Gasteiger partial charge in [0.1, 0.15) is 27.2 Å². The van der Waals surface area contributed by atoms with Gasteiger partial charge in [0.2, 0.25) is 20.0 Å². The largest absolute Gasteiger partial charge is 0.492 e. The lowest BCUT2D eigenvalue weighted by molar-refractivity contribution is 0.0318. The van der Waals surface area contributed by atoms with E-state index in [2.05, 4.69) is 4.72 Å². The number of hydrogen-bond acceptors (Lipinski definition) is 7. The molecule has 0 amide bonds. The lowest BCUT2D eigenvalue weighted by Gasteiger charge is -2.43. The molecule has 9 nitrogen and oxygen atoms in total. The van der Waals surface area contributed by atoms with Gasteiger partial charge in [-0.3, -0.25) is 0 Å². The zero-order valence-electron chi connectivity index (χ0n) is 22.2. The summed E-state index contributed by atoms with van der Waals surface area (Å²) in [5.41, 5.74) is 0.313. The van der Waals surface area contributed by atoms with Crippen LogP contribution in [0.2, 0.25) is 0 Å². The Balaban J connectivity index is 1.64. The van der Waals surface area contributed by atoms with Crippen molar-refractivity contribution in [1.82, 2.24) is 13.9 Å². The summed E-state index contributed by atoms with van der Waals surface area (Å²) in [7, 11) is -6.37. The van der Waals surface area contributed by atoms with Crippen molar-refractivity contribution in [2.24, 2.45) is 5.41 Å². The number of sulfonamides is 2. The van der Waals surface area contributed by atoms with E-state index in [0.29, 0.717) is 25.5 Å².